The van der Waals surface area contributed by atoms with Crippen LogP contribution in [0.3, 0.4) is 0 Å². The van der Waals surface area contributed by atoms with E-state index >= 15 is 0 Å². The number of nitrogens with one attached hydrogen (secondary N) is 2. The van der Waals surface area contributed by atoms with Gasteiger partial charge in [-0.2, -0.15) is 5.10 Å². The van der Waals surface area contributed by atoms with E-state index in [9.17, 15) is 0 Å². The van der Waals surface area contributed by atoms with Gasteiger partial charge >= 0.3 is 0 Å². The summed E-state index contributed by atoms with van der Waals surface area (Å²) >= 11 is 0. The molecular weight excluding hydrogens is 314 g/mol. The summed E-state index contributed by atoms with van der Waals surface area (Å²) in [6.45, 7) is 7.71. The SMILES string of the molecule is Cc1cc2n(n1)CC(CNCc1ccc(-n3ccnc3C)nc1)CN2. The topological polar surface area (TPSA) is 72.6 Å². The molecule has 4 rings (SSSR count). The van der Waals surface area contributed by atoms with E-state index in [0.717, 1.165) is 49.3 Å². The first-order chi connectivity index (χ1) is 12.2. The van der Waals surface area contributed by atoms with E-state index in [-0.39, 0.29) is 0 Å². The van der Waals surface area contributed by atoms with E-state index < -0.39 is 0 Å². The van der Waals surface area contributed by atoms with Crippen LogP contribution < -0.4 is 10.6 Å². The Kier molecular flexibility index (Phi) is 4.23. The first-order valence-electron chi connectivity index (χ1n) is 8.63. The first kappa shape index (κ1) is 15.8. The summed E-state index contributed by atoms with van der Waals surface area (Å²) < 4.78 is 4.05. The fourth-order valence-corrected chi connectivity index (χ4v) is 3.23. The molecule has 0 bridgehead atoms. The Bertz CT molecular complexity index is 847. The molecule has 0 aliphatic carbocycles. The average Bonchev–Trinajstić information content (AvgIpc) is 3.19. The van der Waals surface area contributed by atoms with Crippen molar-refractivity contribution in [3.63, 3.8) is 0 Å². The minimum absolute atomic E-state index is 0.535. The highest BCUT2D eigenvalue weighted by Gasteiger charge is 2.18. The maximum absolute atomic E-state index is 4.54. The van der Waals surface area contributed by atoms with Crippen LogP contribution in [-0.2, 0) is 13.1 Å². The van der Waals surface area contributed by atoms with E-state index in [4.69, 9.17) is 0 Å². The monoisotopic (exact) mass is 337 g/mol. The standard InChI is InChI=1S/C18H23N7/c1-13-7-18-22-11-16(12-25(18)23-13)9-19-8-15-3-4-17(21-10-15)24-6-5-20-14(24)2/h3-7,10,16,19,22H,8-9,11-12H2,1-2H3. The van der Waals surface area contributed by atoms with Crippen LogP contribution >= 0.6 is 0 Å². The summed E-state index contributed by atoms with van der Waals surface area (Å²) in [5.41, 5.74) is 2.25. The fourth-order valence-electron chi connectivity index (χ4n) is 3.23. The van der Waals surface area contributed by atoms with Crippen LogP contribution in [0.2, 0.25) is 0 Å². The molecule has 0 aromatic carbocycles. The third kappa shape index (κ3) is 3.41. The van der Waals surface area contributed by atoms with Crippen molar-refractivity contribution >= 4 is 5.82 Å². The fraction of sp³-hybridized carbons (Fsp3) is 0.389. The Morgan fingerprint density at radius 3 is 2.96 bits per heavy atom. The van der Waals surface area contributed by atoms with E-state index in [2.05, 4.69) is 42.5 Å². The van der Waals surface area contributed by atoms with Gasteiger partial charge in [-0.15, -0.1) is 0 Å². The van der Waals surface area contributed by atoms with Gasteiger partial charge in [-0.1, -0.05) is 6.07 Å². The zero-order valence-electron chi connectivity index (χ0n) is 14.6. The van der Waals surface area contributed by atoms with Gasteiger partial charge in [-0.25, -0.2) is 14.6 Å². The summed E-state index contributed by atoms with van der Waals surface area (Å²) in [7, 11) is 0. The summed E-state index contributed by atoms with van der Waals surface area (Å²) in [6.07, 6.45) is 5.64. The lowest BCUT2D eigenvalue weighted by molar-refractivity contribution is 0.390. The maximum atomic E-state index is 4.54. The van der Waals surface area contributed by atoms with Crippen LogP contribution in [0, 0.1) is 19.8 Å². The van der Waals surface area contributed by atoms with Crippen LogP contribution in [-0.4, -0.2) is 37.4 Å². The minimum atomic E-state index is 0.535. The number of anilines is 1. The molecule has 4 heterocycles. The van der Waals surface area contributed by atoms with Gasteiger partial charge in [-0.05, 0) is 25.5 Å². The van der Waals surface area contributed by atoms with E-state index in [1.54, 1.807) is 6.20 Å². The Morgan fingerprint density at radius 1 is 1.28 bits per heavy atom. The Balaban J connectivity index is 1.30. The molecule has 0 fully saturated rings. The molecule has 0 spiro atoms. The zero-order chi connectivity index (χ0) is 17.2. The van der Waals surface area contributed by atoms with Crippen molar-refractivity contribution in [2.45, 2.75) is 26.9 Å². The zero-order valence-corrected chi connectivity index (χ0v) is 14.6. The molecular formula is C18H23N7. The summed E-state index contributed by atoms with van der Waals surface area (Å²) in [5.74, 6) is 3.50. The van der Waals surface area contributed by atoms with Crippen LogP contribution in [0.15, 0.2) is 36.8 Å². The predicted octanol–water partition coefficient (Wildman–Crippen LogP) is 1.91. The molecule has 0 amide bonds. The lowest BCUT2D eigenvalue weighted by Crippen LogP contribution is -2.35. The predicted molar refractivity (Wildman–Crippen MR) is 96.7 cm³/mol. The molecule has 1 aliphatic heterocycles. The molecule has 3 aromatic rings. The van der Waals surface area contributed by atoms with Crippen molar-refractivity contribution in [2.75, 3.05) is 18.4 Å². The largest absolute Gasteiger partial charge is 0.370 e. The minimum Gasteiger partial charge on any atom is -0.370 e. The lowest BCUT2D eigenvalue weighted by atomic mass is 10.1. The van der Waals surface area contributed by atoms with Gasteiger partial charge < -0.3 is 10.6 Å². The number of rotatable bonds is 5. The van der Waals surface area contributed by atoms with Crippen LogP contribution in [0.5, 0.6) is 0 Å². The third-order valence-corrected chi connectivity index (χ3v) is 4.55. The molecule has 7 heteroatoms. The second kappa shape index (κ2) is 6.68. The number of fused-ring (bicyclic) bond motifs is 1. The summed E-state index contributed by atoms with van der Waals surface area (Å²) in [6, 6.07) is 6.24. The van der Waals surface area contributed by atoms with Gasteiger partial charge in [0.2, 0.25) is 0 Å². The highest BCUT2D eigenvalue weighted by molar-refractivity contribution is 5.38. The molecule has 1 unspecified atom stereocenters. The molecule has 3 aromatic heterocycles. The molecule has 130 valence electrons. The number of pyridine rings is 1. The van der Waals surface area contributed by atoms with Crippen molar-refractivity contribution in [1.29, 1.82) is 0 Å². The lowest BCUT2D eigenvalue weighted by Gasteiger charge is -2.25. The Morgan fingerprint density at radius 2 is 2.20 bits per heavy atom. The normalized spacial score (nSPS) is 16.5. The van der Waals surface area contributed by atoms with Crippen molar-refractivity contribution in [2.24, 2.45) is 5.92 Å². The molecule has 2 N–H and O–H groups in total. The van der Waals surface area contributed by atoms with Crippen molar-refractivity contribution in [3.05, 3.63) is 53.9 Å². The number of imidazole rings is 1. The number of nitrogens with zero attached hydrogens (tertiary/aromatic N) is 5. The number of hydrogen-bond acceptors (Lipinski definition) is 5. The second-order valence-corrected chi connectivity index (χ2v) is 6.60. The summed E-state index contributed by atoms with van der Waals surface area (Å²) in [4.78, 5) is 8.77. The van der Waals surface area contributed by atoms with Gasteiger partial charge in [0.05, 0.1) is 5.69 Å². The van der Waals surface area contributed by atoms with Crippen molar-refractivity contribution < 1.29 is 0 Å². The maximum Gasteiger partial charge on any atom is 0.137 e. The van der Waals surface area contributed by atoms with Crippen molar-refractivity contribution in [1.82, 2.24) is 29.6 Å². The van der Waals surface area contributed by atoms with Gasteiger partial charge in [0.1, 0.15) is 17.5 Å². The quantitative estimate of drug-likeness (QED) is 0.744. The van der Waals surface area contributed by atoms with Crippen LogP contribution in [0.25, 0.3) is 5.82 Å². The van der Waals surface area contributed by atoms with Gasteiger partial charge in [0.15, 0.2) is 0 Å². The molecule has 0 radical (unpaired) electrons. The summed E-state index contributed by atoms with van der Waals surface area (Å²) in [5, 5.41) is 11.5. The van der Waals surface area contributed by atoms with Crippen LogP contribution in [0.1, 0.15) is 17.1 Å². The van der Waals surface area contributed by atoms with Gasteiger partial charge in [-0.3, -0.25) is 4.57 Å². The second-order valence-electron chi connectivity index (χ2n) is 6.60. The number of aryl methyl sites for hydroxylation is 2. The molecule has 1 aliphatic rings. The first-order valence-corrected chi connectivity index (χ1v) is 8.63. The molecule has 0 saturated carbocycles. The van der Waals surface area contributed by atoms with Crippen molar-refractivity contribution in [3.8, 4) is 5.82 Å². The highest BCUT2D eigenvalue weighted by atomic mass is 15.3. The van der Waals surface area contributed by atoms with Gasteiger partial charge in [0.25, 0.3) is 0 Å². The van der Waals surface area contributed by atoms with E-state index in [1.807, 2.05) is 36.9 Å². The Hall–Kier alpha value is -2.67. The number of aromatic nitrogens is 5. The third-order valence-electron chi connectivity index (χ3n) is 4.55. The van der Waals surface area contributed by atoms with E-state index in [1.165, 1.54) is 5.56 Å². The smallest absolute Gasteiger partial charge is 0.137 e. The highest BCUT2D eigenvalue weighted by Crippen LogP contribution is 2.18. The molecule has 0 saturated heterocycles. The average molecular weight is 337 g/mol. The molecule has 25 heavy (non-hydrogen) atoms. The number of hydrogen-bond donors (Lipinski definition) is 2. The molecule has 7 nitrogen and oxygen atoms in total. The van der Waals surface area contributed by atoms with Gasteiger partial charge in [0, 0.05) is 56.8 Å². The van der Waals surface area contributed by atoms with E-state index in [0.29, 0.717) is 5.92 Å². The Labute approximate surface area is 147 Å². The van der Waals surface area contributed by atoms with Crippen LogP contribution in [0.4, 0.5) is 5.82 Å². The molecule has 1 atom stereocenters.